The van der Waals surface area contributed by atoms with Gasteiger partial charge in [-0.25, -0.2) is 9.97 Å². The third kappa shape index (κ3) is 1.85. The first-order valence-corrected chi connectivity index (χ1v) is 5.64. The Morgan fingerprint density at radius 2 is 2.18 bits per heavy atom. The zero-order chi connectivity index (χ0) is 11.7. The van der Waals surface area contributed by atoms with Crippen molar-refractivity contribution in [3.63, 3.8) is 0 Å². The van der Waals surface area contributed by atoms with Crippen LogP contribution in [-0.2, 0) is 11.3 Å². The molecule has 0 radical (unpaired) electrons. The molecule has 1 fully saturated rings. The van der Waals surface area contributed by atoms with E-state index in [1.54, 1.807) is 6.20 Å². The summed E-state index contributed by atoms with van der Waals surface area (Å²) in [5.74, 6) is 0.857. The molecular formula is C11H14N4O2. The first kappa shape index (κ1) is 10.5. The number of ether oxygens (including phenoxy) is 1. The van der Waals surface area contributed by atoms with Crippen LogP contribution in [0.4, 0.5) is 5.82 Å². The van der Waals surface area contributed by atoms with Gasteiger partial charge in [-0.1, -0.05) is 0 Å². The van der Waals surface area contributed by atoms with Crippen molar-refractivity contribution in [1.82, 2.24) is 14.4 Å². The van der Waals surface area contributed by atoms with Gasteiger partial charge in [0, 0.05) is 31.7 Å². The number of hydrogen-bond donors (Lipinski definition) is 1. The van der Waals surface area contributed by atoms with E-state index in [-0.39, 0.29) is 6.61 Å². The van der Waals surface area contributed by atoms with Gasteiger partial charge in [-0.05, 0) is 0 Å². The number of nitrogens with zero attached hydrogens (tertiary/aromatic N) is 4. The molecule has 2 aromatic rings. The number of aliphatic hydroxyl groups is 1. The lowest BCUT2D eigenvalue weighted by molar-refractivity contribution is 0.122. The molecule has 2 aromatic heterocycles. The van der Waals surface area contributed by atoms with Crippen LogP contribution in [0.5, 0.6) is 0 Å². The van der Waals surface area contributed by atoms with E-state index >= 15 is 0 Å². The van der Waals surface area contributed by atoms with Gasteiger partial charge in [0.15, 0.2) is 11.5 Å². The van der Waals surface area contributed by atoms with Crippen LogP contribution in [0.3, 0.4) is 0 Å². The minimum Gasteiger partial charge on any atom is -0.390 e. The molecule has 3 heterocycles. The summed E-state index contributed by atoms with van der Waals surface area (Å²) in [6.45, 7) is 3.04. The number of anilines is 1. The van der Waals surface area contributed by atoms with Gasteiger partial charge in [0.1, 0.15) is 0 Å². The number of aliphatic hydroxyl groups excluding tert-OH is 1. The minimum atomic E-state index is -0.0514. The fraction of sp³-hybridized carbons (Fsp3) is 0.455. The van der Waals surface area contributed by atoms with E-state index in [2.05, 4.69) is 14.9 Å². The number of fused-ring (bicyclic) bond motifs is 1. The fourth-order valence-corrected chi connectivity index (χ4v) is 2.03. The van der Waals surface area contributed by atoms with Gasteiger partial charge in [-0.2, -0.15) is 0 Å². The average molecular weight is 234 g/mol. The maximum atomic E-state index is 9.11. The molecule has 0 atom stereocenters. The fourth-order valence-electron chi connectivity index (χ4n) is 2.03. The molecule has 0 bridgehead atoms. The Balaban J connectivity index is 2.05. The first-order valence-electron chi connectivity index (χ1n) is 5.64. The highest BCUT2D eigenvalue weighted by Gasteiger charge is 2.16. The molecule has 1 aliphatic heterocycles. The van der Waals surface area contributed by atoms with Crippen LogP contribution >= 0.6 is 0 Å². The zero-order valence-corrected chi connectivity index (χ0v) is 9.41. The van der Waals surface area contributed by atoms with Gasteiger partial charge < -0.3 is 19.1 Å². The van der Waals surface area contributed by atoms with Gasteiger partial charge in [0.2, 0.25) is 0 Å². The van der Waals surface area contributed by atoms with Crippen molar-refractivity contribution < 1.29 is 9.84 Å². The molecule has 1 N–H and O–H groups in total. The summed E-state index contributed by atoms with van der Waals surface area (Å²) in [5.41, 5.74) is 1.45. The van der Waals surface area contributed by atoms with Crippen LogP contribution in [0, 0.1) is 0 Å². The van der Waals surface area contributed by atoms with Crippen molar-refractivity contribution in [2.45, 2.75) is 6.61 Å². The highest BCUT2D eigenvalue weighted by molar-refractivity contribution is 5.64. The van der Waals surface area contributed by atoms with E-state index in [0.29, 0.717) is 5.69 Å². The Morgan fingerprint density at radius 3 is 2.94 bits per heavy atom. The van der Waals surface area contributed by atoms with Crippen molar-refractivity contribution in [1.29, 1.82) is 0 Å². The third-order valence-corrected chi connectivity index (χ3v) is 2.88. The van der Waals surface area contributed by atoms with Crippen molar-refractivity contribution in [3.05, 3.63) is 24.3 Å². The molecule has 1 aliphatic rings. The molecule has 0 saturated carbocycles. The van der Waals surface area contributed by atoms with E-state index < -0.39 is 0 Å². The highest BCUT2D eigenvalue weighted by atomic mass is 16.5. The van der Waals surface area contributed by atoms with Gasteiger partial charge in [0.25, 0.3) is 0 Å². The molecule has 0 unspecified atom stereocenters. The van der Waals surface area contributed by atoms with Crippen molar-refractivity contribution in [3.8, 4) is 0 Å². The number of hydrogen-bond acceptors (Lipinski definition) is 5. The lowest BCUT2D eigenvalue weighted by Gasteiger charge is -2.27. The summed E-state index contributed by atoms with van der Waals surface area (Å²) in [5, 5.41) is 9.11. The minimum absolute atomic E-state index is 0.0514. The van der Waals surface area contributed by atoms with Crippen LogP contribution in [0.1, 0.15) is 5.69 Å². The second-order valence-corrected chi connectivity index (χ2v) is 3.97. The molecule has 0 spiro atoms. The largest absolute Gasteiger partial charge is 0.390 e. The van der Waals surface area contributed by atoms with Gasteiger partial charge in [-0.15, -0.1) is 0 Å². The van der Waals surface area contributed by atoms with E-state index in [9.17, 15) is 0 Å². The average Bonchev–Trinajstić information content (AvgIpc) is 2.82. The summed E-state index contributed by atoms with van der Waals surface area (Å²) < 4.78 is 7.22. The smallest absolute Gasteiger partial charge is 0.180 e. The van der Waals surface area contributed by atoms with E-state index in [1.807, 2.05) is 16.8 Å². The second-order valence-electron chi connectivity index (χ2n) is 3.97. The predicted molar refractivity (Wildman–Crippen MR) is 61.9 cm³/mol. The lowest BCUT2D eigenvalue weighted by Crippen LogP contribution is -2.37. The molecular weight excluding hydrogens is 220 g/mol. The van der Waals surface area contributed by atoms with Gasteiger partial charge >= 0.3 is 0 Å². The van der Waals surface area contributed by atoms with E-state index in [0.717, 1.165) is 37.8 Å². The Morgan fingerprint density at radius 1 is 1.35 bits per heavy atom. The summed E-state index contributed by atoms with van der Waals surface area (Å²) in [7, 11) is 0. The number of morpholine rings is 1. The Kier molecular flexibility index (Phi) is 2.66. The summed E-state index contributed by atoms with van der Waals surface area (Å²) >= 11 is 0. The number of rotatable bonds is 2. The summed E-state index contributed by atoms with van der Waals surface area (Å²) in [6, 6.07) is 0. The number of aromatic nitrogens is 3. The molecule has 1 saturated heterocycles. The van der Waals surface area contributed by atoms with Crippen LogP contribution in [0.15, 0.2) is 18.6 Å². The molecule has 0 aliphatic carbocycles. The third-order valence-electron chi connectivity index (χ3n) is 2.88. The van der Waals surface area contributed by atoms with Crippen LogP contribution < -0.4 is 4.90 Å². The molecule has 0 aromatic carbocycles. The van der Waals surface area contributed by atoms with Crippen LogP contribution in [-0.4, -0.2) is 45.8 Å². The Hall–Kier alpha value is -1.66. The van der Waals surface area contributed by atoms with Crippen molar-refractivity contribution >= 4 is 11.5 Å². The zero-order valence-electron chi connectivity index (χ0n) is 9.41. The van der Waals surface area contributed by atoms with Crippen LogP contribution in [0.2, 0.25) is 0 Å². The SMILES string of the molecule is OCc1cn2ccnc(N3CCOCC3)c2n1. The predicted octanol–water partition coefficient (Wildman–Crippen LogP) is 0.0582. The van der Waals surface area contributed by atoms with Crippen molar-refractivity contribution in [2.75, 3.05) is 31.2 Å². The van der Waals surface area contributed by atoms with E-state index in [1.165, 1.54) is 0 Å². The summed E-state index contributed by atoms with van der Waals surface area (Å²) in [4.78, 5) is 10.9. The van der Waals surface area contributed by atoms with E-state index in [4.69, 9.17) is 9.84 Å². The maximum absolute atomic E-state index is 9.11. The first-order chi connectivity index (χ1) is 8.38. The summed E-state index contributed by atoms with van der Waals surface area (Å²) in [6.07, 6.45) is 5.41. The Bertz CT molecular complexity index is 519. The molecule has 90 valence electrons. The maximum Gasteiger partial charge on any atom is 0.180 e. The molecule has 3 rings (SSSR count). The lowest BCUT2D eigenvalue weighted by atomic mass is 10.4. The molecule has 17 heavy (non-hydrogen) atoms. The monoisotopic (exact) mass is 234 g/mol. The second kappa shape index (κ2) is 4.31. The van der Waals surface area contributed by atoms with Gasteiger partial charge in [0.05, 0.1) is 25.5 Å². The Labute approximate surface area is 98.5 Å². The number of imidazole rings is 1. The molecule has 6 nitrogen and oxygen atoms in total. The van der Waals surface area contributed by atoms with Gasteiger partial charge in [-0.3, -0.25) is 0 Å². The topological polar surface area (TPSA) is 62.9 Å². The van der Waals surface area contributed by atoms with Crippen molar-refractivity contribution in [2.24, 2.45) is 0 Å². The normalized spacial score (nSPS) is 16.6. The standard InChI is InChI=1S/C11H14N4O2/c16-8-9-7-15-2-1-12-10(11(15)13-9)14-3-5-17-6-4-14/h1-2,7,16H,3-6,8H2. The molecule has 0 amide bonds. The quantitative estimate of drug-likeness (QED) is 0.796. The molecule has 6 heteroatoms. The highest BCUT2D eigenvalue weighted by Crippen LogP contribution is 2.19. The van der Waals surface area contributed by atoms with Crippen LogP contribution in [0.25, 0.3) is 5.65 Å².